The van der Waals surface area contributed by atoms with E-state index in [0.29, 0.717) is 17.3 Å². The highest BCUT2D eigenvalue weighted by Gasteiger charge is 2.39. The van der Waals surface area contributed by atoms with Gasteiger partial charge >= 0.3 is 0 Å². The van der Waals surface area contributed by atoms with E-state index in [1.165, 1.54) is 25.7 Å². The van der Waals surface area contributed by atoms with Gasteiger partial charge in [-0.25, -0.2) is 4.98 Å². The van der Waals surface area contributed by atoms with Crippen LogP contribution in [0.4, 0.5) is 5.82 Å². The molecule has 2 fully saturated rings. The molecule has 4 nitrogen and oxygen atoms in total. The van der Waals surface area contributed by atoms with Crippen LogP contribution < -0.4 is 10.6 Å². The van der Waals surface area contributed by atoms with Gasteiger partial charge in [-0.2, -0.15) is 0 Å². The largest absolute Gasteiger partial charge is 0.370 e. The molecule has 4 heteroatoms. The number of aromatic nitrogens is 1. The van der Waals surface area contributed by atoms with Gasteiger partial charge in [-0.3, -0.25) is 4.79 Å². The van der Waals surface area contributed by atoms with Gasteiger partial charge in [0, 0.05) is 19.3 Å². The summed E-state index contributed by atoms with van der Waals surface area (Å²) in [5.74, 6) is 3.15. The first-order valence-electron chi connectivity index (χ1n) is 7.75. The van der Waals surface area contributed by atoms with Gasteiger partial charge in [-0.15, -0.1) is 0 Å². The van der Waals surface area contributed by atoms with E-state index in [1.54, 1.807) is 6.20 Å². The summed E-state index contributed by atoms with van der Waals surface area (Å²) in [5.41, 5.74) is 0.650. The normalized spacial score (nSPS) is 27.6. The fourth-order valence-corrected chi connectivity index (χ4v) is 3.84. The Morgan fingerprint density at radius 1 is 1.40 bits per heavy atom. The van der Waals surface area contributed by atoms with Crippen LogP contribution in [-0.2, 0) is 0 Å². The molecule has 0 radical (unpaired) electrons. The quantitative estimate of drug-likeness (QED) is 0.867. The molecule has 0 aliphatic heterocycles. The van der Waals surface area contributed by atoms with Crippen LogP contribution in [-0.4, -0.2) is 24.0 Å². The monoisotopic (exact) mass is 273 g/mol. The van der Waals surface area contributed by atoms with Crippen molar-refractivity contribution in [3.05, 3.63) is 23.9 Å². The molecular formula is C16H23N3O. The van der Waals surface area contributed by atoms with Gasteiger partial charge < -0.3 is 10.6 Å². The molecule has 3 unspecified atom stereocenters. The van der Waals surface area contributed by atoms with Crippen molar-refractivity contribution in [2.75, 3.05) is 18.4 Å². The van der Waals surface area contributed by atoms with Crippen LogP contribution in [0.15, 0.2) is 18.3 Å². The van der Waals surface area contributed by atoms with E-state index in [0.717, 1.165) is 24.9 Å². The Hall–Kier alpha value is -1.58. The average Bonchev–Trinajstić information content (AvgIpc) is 3.08. The minimum atomic E-state index is -0.00294. The van der Waals surface area contributed by atoms with Gasteiger partial charge in [0.15, 0.2) is 0 Å². The lowest BCUT2D eigenvalue weighted by Crippen LogP contribution is -2.32. The number of carbonyl (C=O) groups is 1. The fraction of sp³-hybridized carbons (Fsp3) is 0.625. The van der Waals surface area contributed by atoms with E-state index < -0.39 is 0 Å². The third-order valence-corrected chi connectivity index (χ3v) is 4.81. The third kappa shape index (κ3) is 2.65. The average molecular weight is 273 g/mol. The summed E-state index contributed by atoms with van der Waals surface area (Å²) in [6.45, 7) is 3.59. The first kappa shape index (κ1) is 13.4. The van der Waals surface area contributed by atoms with E-state index >= 15 is 0 Å². The Morgan fingerprint density at radius 2 is 2.30 bits per heavy atom. The second kappa shape index (κ2) is 5.81. The number of hydrogen-bond acceptors (Lipinski definition) is 3. The Kier molecular flexibility index (Phi) is 3.90. The van der Waals surface area contributed by atoms with Crippen molar-refractivity contribution in [1.82, 2.24) is 10.3 Å². The molecule has 1 heterocycles. The number of nitrogens with one attached hydrogen (secondary N) is 2. The standard InChI is InChI=1S/C16H23N3O/c1-2-17-15-14(4-3-7-18-15)16(20)19-10-13-9-11-5-6-12(13)8-11/h3-4,7,11-13H,2,5-6,8-10H2,1H3,(H,17,18)(H,19,20). The van der Waals surface area contributed by atoms with Crippen LogP contribution in [0.1, 0.15) is 43.0 Å². The zero-order chi connectivity index (χ0) is 13.9. The Balaban J connectivity index is 1.59. The second-order valence-corrected chi connectivity index (χ2v) is 6.07. The summed E-state index contributed by atoms with van der Waals surface area (Å²) >= 11 is 0. The lowest BCUT2D eigenvalue weighted by atomic mass is 9.89. The first-order valence-corrected chi connectivity index (χ1v) is 7.75. The highest BCUT2D eigenvalue weighted by Crippen LogP contribution is 2.47. The zero-order valence-corrected chi connectivity index (χ0v) is 12.1. The molecule has 2 aliphatic carbocycles. The number of rotatable bonds is 5. The number of hydrogen-bond donors (Lipinski definition) is 2. The molecule has 1 amide bonds. The topological polar surface area (TPSA) is 54.0 Å². The van der Waals surface area contributed by atoms with Crippen molar-refractivity contribution in [1.29, 1.82) is 0 Å². The molecule has 1 aromatic rings. The van der Waals surface area contributed by atoms with Crippen LogP contribution in [0.25, 0.3) is 0 Å². The van der Waals surface area contributed by atoms with Gasteiger partial charge in [0.25, 0.3) is 5.91 Å². The molecule has 2 saturated carbocycles. The van der Waals surface area contributed by atoms with Gasteiger partial charge in [0.05, 0.1) is 5.56 Å². The van der Waals surface area contributed by atoms with Crippen molar-refractivity contribution in [2.45, 2.75) is 32.6 Å². The number of fused-ring (bicyclic) bond motifs is 2. The van der Waals surface area contributed by atoms with E-state index in [4.69, 9.17) is 0 Å². The molecule has 0 saturated heterocycles. The minimum absolute atomic E-state index is 0.00294. The summed E-state index contributed by atoms with van der Waals surface area (Å²) in [4.78, 5) is 16.5. The van der Waals surface area contributed by atoms with Crippen molar-refractivity contribution in [3.8, 4) is 0 Å². The molecule has 108 valence electrons. The number of carbonyl (C=O) groups excluding carboxylic acids is 1. The molecule has 3 rings (SSSR count). The number of anilines is 1. The maximum absolute atomic E-state index is 12.3. The number of amides is 1. The number of nitrogens with zero attached hydrogens (tertiary/aromatic N) is 1. The molecule has 2 N–H and O–H groups in total. The maximum Gasteiger partial charge on any atom is 0.255 e. The molecule has 0 aromatic carbocycles. The van der Waals surface area contributed by atoms with Crippen molar-refractivity contribution < 1.29 is 4.79 Å². The minimum Gasteiger partial charge on any atom is -0.370 e. The van der Waals surface area contributed by atoms with Crippen molar-refractivity contribution >= 4 is 11.7 Å². The third-order valence-electron chi connectivity index (χ3n) is 4.81. The highest BCUT2D eigenvalue weighted by molar-refractivity contribution is 5.98. The van der Waals surface area contributed by atoms with Crippen LogP contribution in [0.2, 0.25) is 0 Å². The molecule has 1 aromatic heterocycles. The fourth-order valence-electron chi connectivity index (χ4n) is 3.84. The molecule has 0 spiro atoms. The van der Waals surface area contributed by atoms with E-state index in [2.05, 4.69) is 15.6 Å². The first-order chi connectivity index (χ1) is 9.78. The Labute approximate surface area is 120 Å². The van der Waals surface area contributed by atoms with Gasteiger partial charge in [-0.05, 0) is 56.1 Å². The highest BCUT2D eigenvalue weighted by atomic mass is 16.1. The predicted octanol–water partition coefficient (Wildman–Crippen LogP) is 2.68. The van der Waals surface area contributed by atoms with E-state index in [9.17, 15) is 4.79 Å². The molecule has 3 atom stereocenters. The van der Waals surface area contributed by atoms with E-state index in [1.807, 2.05) is 19.1 Å². The summed E-state index contributed by atoms with van der Waals surface area (Å²) < 4.78 is 0. The Bertz CT molecular complexity index is 488. The molecule has 2 aliphatic rings. The maximum atomic E-state index is 12.3. The summed E-state index contributed by atoms with van der Waals surface area (Å²) in [7, 11) is 0. The Morgan fingerprint density at radius 3 is 3.00 bits per heavy atom. The molecular weight excluding hydrogens is 250 g/mol. The zero-order valence-electron chi connectivity index (χ0n) is 12.1. The van der Waals surface area contributed by atoms with Crippen molar-refractivity contribution in [2.24, 2.45) is 17.8 Å². The number of pyridine rings is 1. The summed E-state index contributed by atoms with van der Waals surface area (Å²) in [5, 5.41) is 6.25. The second-order valence-electron chi connectivity index (χ2n) is 6.07. The predicted molar refractivity (Wildman–Crippen MR) is 79.7 cm³/mol. The SMILES string of the molecule is CCNc1ncccc1C(=O)NCC1CC2CCC1C2. The summed E-state index contributed by atoms with van der Waals surface area (Å²) in [6, 6.07) is 3.65. The lowest BCUT2D eigenvalue weighted by molar-refractivity contribution is 0.0942. The van der Waals surface area contributed by atoms with Gasteiger partial charge in [0.2, 0.25) is 0 Å². The molecule has 20 heavy (non-hydrogen) atoms. The van der Waals surface area contributed by atoms with E-state index in [-0.39, 0.29) is 5.91 Å². The van der Waals surface area contributed by atoms with Crippen molar-refractivity contribution in [3.63, 3.8) is 0 Å². The summed E-state index contributed by atoms with van der Waals surface area (Å²) in [6.07, 6.45) is 7.17. The van der Waals surface area contributed by atoms with Gasteiger partial charge in [0.1, 0.15) is 5.82 Å². The van der Waals surface area contributed by atoms with Crippen LogP contribution in [0.3, 0.4) is 0 Å². The smallest absolute Gasteiger partial charge is 0.255 e. The van der Waals surface area contributed by atoms with Crippen LogP contribution >= 0.6 is 0 Å². The van der Waals surface area contributed by atoms with Crippen LogP contribution in [0.5, 0.6) is 0 Å². The van der Waals surface area contributed by atoms with Gasteiger partial charge in [-0.1, -0.05) is 6.42 Å². The molecule has 2 bridgehead atoms. The lowest BCUT2D eigenvalue weighted by Gasteiger charge is -2.22. The van der Waals surface area contributed by atoms with Crippen LogP contribution in [0, 0.1) is 17.8 Å².